The average Bonchev–Trinajstić information content (AvgIpc) is 2.84. The zero-order valence-electron chi connectivity index (χ0n) is 22.1. The van der Waals surface area contributed by atoms with Gasteiger partial charge in [-0.05, 0) is 56.8 Å². The first-order chi connectivity index (χ1) is 17.9. The van der Waals surface area contributed by atoms with Gasteiger partial charge in [-0.15, -0.1) is 0 Å². The molecule has 0 bridgehead atoms. The van der Waals surface area contributed by atoms with Crippen molar-refractivity contribution in [3.05, 3.63) is 51.0 Å². The number of aliphatic hydroxyl groups is 3. The molecule has 1 amide bonds. The molecule has 0 saturated carbocycles. The van der Waals surface area contributed by atoms with E-state index in [9.17, 15) is 34.8 Å². The minimum absolute atomic E-state index is 0.00384. The highest BCUT2D eigenvalue weighted by Crippen LogP contribution is 2.52. The molecule has 0 unspecified atom stereocenters. The number of benzene rings is 1. The summed E-state index contributed by atoms with van der Waals surface area (Å²) in [6.45, 7) is 2.12. The van der Waals surface area contributed by atoms with Crippen LogP contribution in [0.15, 0.2) is 28.7 Å². The van der Waals surface area contributed by atoms with Crippen LogP contribution in [-0.4, -0.2) is 68.5 Å². The number of primary amides is 1. The number of allylic oxidation sites excluding steroid dienone is 1. The summed E-state index contributed by atoms with van der Waals surface area (Å²) in [4.78, 5) is 40.9. The number of unbranched alkanes of at least 4 members (excludes halogenated alkanes) is 3. The lowest BCUT2D eigenvalue weighted by Gasteiger charge is -2.50. The summed E-state index contributed by atoms with van der Waals surface area (Å²) >= 11 is 0. The number of hydrogen-bond acceptors (Lipinski definition) is 9. The summed E-state index contributed by atoms with van der Waals surface area (Å²) in [6.07, 6.45) is 5.12. The van der Waals surface area contributed by atoms with Crippen molar-refractivity contribution in [3.63, 3.8) is 0 Å². The maximum atomic E-state index is 13.9. The maximum absolute atomic E-state index is 13.9. The summed E-state index contributed by atoms with van der Waals surface area (Å²) < 4.78 is 0. The zero-order valence-corrected chi connectivity index (χ0v) is 22.1. The molecule has 0 spiro atoms. The molecule has 1 aromatic rings. The van der Waals surface area contributed by atoms with Crippen LogP contribution in [0, 0.1) is 11.8 Å². The van der Waals surface area contributed by atoms with Crippen LogP contribution in [0.1, 0.15) is 66.1 Å². The van der Waals surface area contributed by atoms with Gasteiger partial charge in [-0.2, -0.15) is 0 Å². The summed E-state index contributed by atoms with van der Waals surface area (Å²) in [6, 6.07) is 0.823. The van der Waals surface area contributed by atoms with E-state index >= 15 is 0 Å². The quantitative estimate of drug-likeness (QED) is 0.216. The van der Waals surface area contributed by atoms with Crippen molar-refractivity contribution in [2.45, 2.75) is 70.1 Å². The number of aryl methyl sites for hydroxylation is 1. The Hall–Kier alpha value is -3.21. The molecule has 3 aliphatic carbocycles. The molecule has 10 nitrogen and oxygen atoms in total. The minimum atomic E-state index is -2.64. The number of fused-ring (bicyclic) bond motifs is 3. The van der Waals surface area contributed by atoms with E-state index in [4.69, 9.17) is 11.5 Å². The van der Waals surface area contributed by atoms with Crippen molar-refractivity contribution in [1.29, 1.82) is 0 Å². The van der Waals surface area contributed by atoms with E-state index in [2.05, 4.69) is 6.92 Å². The molecule has 206 valence electrons. The van der Waals surface area contributed by atoms with Crippen LogP contribution in [-0.2, 0) is 29.0 Å². The van der Waals surface area contributed by atoms with Crippen LogP contribution in [0.4, 0.5) is 0 Å². The van der Waals surface area contributed by atoms with Gasteiger partial charge in [0.2, 0.25) is 5.78 Å². The number of carbonyl (C=O) groups is 3. The van der Waals surface area contributed by atoms with Gasteiger partial charge in [0, 0.05) is 23.6 Å². The molecule has 0 aliphatic heterocycles. The molecule has 4 rings (SSSR count). The molecule has 0 radical (unpaired) electrons. The number of nitrogens with two attached hydrogens (primary N) is 2. The Morgan fingerprint density at radius 2 is 1.82 bits per heavy atom. The molecule has 10 heteroatoms. The van der Waals surface area contributed by atoms with E-state index in [0.29, 0.717) is 17.5 Å². The number of aromatic hydroxyl groups is 1. The molecule has 0 fully saturated rings. The van der Waals surface area contributed by atoms with E-state index in [1.165, 1.54) is 4.90 Å². The number of nitrogens with zero attached hydrogens (tertiary/aromatic N) is 1. The number of phenolic OH excluding ortho intramolecular Hbond substituents is 1. The fourth-order valence-corrected chi connectivity index (χ4v) is 6.58. The van der Waals surface area contributed by atoms with Crippen LogP contribution in [0.25, 0.3) is 0 Å². The fourth-order valence-electron chi connectivity index (χ4n) is 6.58. The lowest BCUT2D eigenvalue weighted by Crippen LogP contribution is -2.63. The largest absolute Gasteiger partial charge is 0.510 e. The summed E-state index contributed by atoms with van der Waals surface area (Å²) in [5.41, 5.74) is 9.62. The van der Waals surface area contributed by atoms with Crippen molar-refractivity contribution >= 4 is 17.5 Å². The second-order valence-corrected chi connectivity index (χ2v) is 10.9. The Labute approximate surface area is 221 Å². The van der Waals surface area contributed by atoms with E-state index in [0.717, 1.165) is 31.2 Å². The number of amides is 1. The van der Waals surface area contributed by atoms with Gasteiger partial charge in [0.05, 0.1) is 11.6 Å². The predicted octanol–water partition coefficient (Wildman–Crippen LogP) is 1.70. The van der Waals surface area contributed by atoms with Crippen LogP contribution in [0.5, 0.6) is 5.75 Å². The van der Waals surface area contributed by atoms with E-state index in [1.807, 2.05) is 6.07 Å². The standard InChI is InChI=1S/C28H37N3O7/c1-4-5-6-7-8-13-9-15(12-29)22(32)19-16(13)10-14-11-17-21(31(2)3)24(34)20(27(30)37)26(36)28(17,38)25(35)18(14)23(19)33/h9,14,17,21,32,34-35,38H,4-8,10-12,29H2,1-3H3,(H2,30,37)/t14-,17-,21-,28-/m0/s1. The molecule has 0 heterocycles. The normalized spacial score (nSPS) is 26.9. The lowest BCUT2D eigenvalue weighted by molar-refractivity contribution is -0.148. The van der Waals surface area contributed by atoms with E-state index in [1.54, 1.807) is 14.1 Å². The molecule has 38 heavy (non-hydrogen) atoms. The summed E-state index contributed by atoms with van der Waals surface area (Å²) in [5, 5.41) is 45.0. The van der Waals surface area contributed by atoms with E-state index < -0.39 is 58.0 Å². The van der Waals surface area contributed by atoms with Crippen LogP contribution in [0.2, 0.25) is 0 Å². The third-order valence-electron chi connectivity index (χ3n) is 8.41. The highest BCUT2D eigenvalue weighted by molar-refractivity contribution is 6.24. The Kier molecular flexibility index (Phi) is 7.44. The van der Waals surface area contributed by atoms with Gasteiger partial charge in [-0.1, -0.05) is 32.3 Å². The first-order valence-corrected chi connectivity index (χ1v) is 13.1. The number of carbonyl (C=O) groups excluding carboxylic acids is 3. The number of phenols is 1. The molecular weight excluding hydrogens is 490 g/mol. The number of hydrogen-bond donors (Lipinski definition) is 6. The number of likely N-dealkylation sites (N-methyl/N-ethyl adjacent to an activating group) is 1. The minimum Gasteiger partial charge on any atom is -0.510 e. The topological polar surface area (TPSA) is 187 Å². The molecule has 4 atom stereocenters. The third kappa shape index (κ3) is 4.02. The van der Waals surface area contributed by atoms with Crippen LogP contribution >= 0.6 is 0 Å². The van der Waals surface area contributed by atoms with Gasteiger partial charge in [0.25, 0.3) is 5.91 Å². The van der Waals surface area contributed by atoms with Crippen molar-refractivity contribution in [2.75, 3.05) is 14.1 Å². The van der Waals surface area contributed by atoms with Gasteiger partial charge >= 0.3 is 0 Å². The van der Waals surface area contributed by atoms with Crippen LogP contribution in [0.3, 0.4) is 0 Å². The highest BCUT2D eigenvalue weighted by Gasteiger charge is 2.63. The molecule has 3 aliphatic rings. The number of ketones is 2. The van der Waals surface area contributed by atoms with E-state index in [-0.39, 0.29) is 36.3 Å². The fraction of sp³-hybridized carbons (Fsp3) is 0.536. The second-order valence-electron chi connectivity index (χ2n) is 10.9. The Balaban J connectivity index is 1.89. The molecule has 0 aromatic heterocycles. The third-order valence-corrected chi connectivity index (χ3v) is 8.41. The predicted molar refractivity (Wildman–Crippen MR) is 139 cm³/mol. The highest BCUT2D eigenvalue weighted by atomic mass is 16.3. The van der Waals surface area contributed by atoms with Crippen LogP contribution < -0.4 is 11.5 Å². The van der Waals surface area contributed by atoms with Gasteiger partial charge in [0.1, 0.15) is 22.8 Å². The number of Topliss-reactive ketones (excluding diaryl/α,β-unsaturated/α-hetero) is 2. The SMILES string of the molecule is CCCCCCc1cc(CN)c(O)c2c1C[C@H]1C[C@H]3[C@H](N(C)C)C(O)=C(C(N)=O)C(=O)[C@@]3(O)C(O)=C1C2=O. The van der Waals surface area contributed by atoms with Crippen molar-refractivity contribution in [2.24, 2.45) is 23.3 Å². The average molecular weight is 528 g/mol. The van der Waals surface area contributed by atoms with Gasteiger partial charge in [-0.3, -0.25) is 19.3 Å². The van der Waals surface area contributed by atoms with Gasteiger partial charge in [-0.25, -0.2) is 0 Å². The molecule has 1 aromatic carbocycles. The number of aliphatic hydroxyl groups excluding tert-OH is 2. The second kappa shape index (κ2) is 10.2. The Morgan fingerprint density at radius 3 is 2.39 bits per heavy atom. The van der Waals surface area contributed by atoms with Gasteiger partial charge < -0.3 is 31.9 Å². The van der Waals surface area contributed by atoms with Gasteiger partial charge in [0.15, 0.2) is 11.4 Å². The maximum Gasteiger partial charge on any atom is 0.255 e. The zero-order chi connectivity index (χ0) is 28.1. The Bertz CT molecular complexity index is 1270. The number of rotatable bonds is 8. The summed E-state index contributed by atoms with van der Waals surface area (Å²) in [5.74, 6) is -6.51. The van der Waals surface area contributed by atoms with Crippen molar-refractivity contribution in [1.82, 2.24) is 4.90 Å². The van der Waals surface area contributed by atoms with Crippen molar-refractivity contribution in [3.8, 4) is 5.75 Å². The monoisotopic (exact) mass is 527 g/mol. The Morgan fingerprint density at radius 1 is 1.13 bits per heavy atom. The molecule has 8 N–H and O–H groups in total. The molecule has 0 saturated heterocycles. The van der Waals surface area contributed by atoms with Crippen molar-refractivity contribution < 1.29 is 34.8 Å². The smallest absolute Gasteiger partial charge is 0.255 e. The summed E-state index contributed by atoms with van der Waals surface area (Å²) in [7, 11) is 3.21. The lowest BCUT2D eigenvalue weighted by atomic mass is 9.58. The first-order valence-electron chi connectivity index (χ1n) is 13.1. The molecular formula is C28H37N3O7. The first kappa shape index (κ1) is 27.8.